The van der Waals surface area contributed by atoms with Crippen LogP contribution in [0.5, 0.6) is 0 Å². The molecule has 1 unspecified atom stereocenters. The fourth-order valence-electron chi connectivity index (χ4n) is 4.09. The van der Waals surface area contributed by atoms with Crippen molar-refractivity contribution in [3.8, 4) is 0 Å². The van der Waals surface area contributed by atoms with Crippen LogP contribution >= 0.6 is 0 Å². The van der Waals surface area contributed by atoms with Gasteiger partial charge in [0.15, 0.2) is 0 Å². The van der Waals surface area contributed by atoms with Crippen molar-refractivity contribution in [1.82, 2.24) is 9.97 Å². The van der Waals surface area contributed by atoms with E-state index in [0.717, 1.165) is 28.3 Å². The van der Waals surface area contributed by atoms with Crippen LogP contribution < -0.4 is 15.1 Å². The molecule has 1 atom stereocenters. The van der Waals surface area contributed by atoms with Gasteiger partial charge in [0.25, 0.3) is 0 Å². The third-order valence-corrected chi connectivity index (χ3v) is 5.82. The van der Waals surface area contributed by atoms with Crippen LogP contribution in [0.15, 0.2) is 54.6 Å². The Kier molecular flexibility index (Phi) is 6.40. The summed E-state index contributed by atoms with van der Waals surface area (Å²) >= 11 is 0. The molecule has 1 aliphatic rings. The Morgan fingerprint density at radius 1 is 1.03 bits per heavy atom. The molecule has 0 spiro atoms. The number of anilines is 4. The van der Waals surface area contributed by atoms with Crippen molar-refractivity contribution in [2.75, 3.05) is 28.2 Å². The van der Waals surface area contributed by atoms with Gasteiger partial charge < -0.3 is 15.1 Å². The van der Waals surface area contributed by atoms with E-state index in [2.05, 4.69) is 15.3 Å². The monoisotopic (exact) mass is 443 g/mol. The smallest absolute Gasteiger partial charge is 0.230 e. The third kappa shape index (κ3) is 5.03. The summed E-state index contributed by atoms with van der Waals surface area (Å²) in [5.41, 5.74) is 5.45. The molecule has 0 saturated carbocycles. The number of nitrogens with one attached hydrogen (secondary N) is 1. The lowest BCUT2D eigenvalue weighted by Gasteiger charge is -2.22. The molecule has 2 heterocycles. The number of aryl methyl sites for hydroxylation is 3. The standard InChI is InChI=1S/C26H29N5O2/c1-5-30(26-27-18(3)14-19(4)28-26)22-12-8-21(9-13-22)29-25(33)20-15-24(32)31(16-20)23-10-6-17(2)7-11-23/h6-14,20H,5,15-16H2,1-4H3,(H,29,33). The van der Waals surface area contributed by atoms with Crippen molar-refractivity contribution in [3.05, 3.63) is 71.5 Å². The highest BCUT2D eigenvalue weighted by Gasteiger charge is 2.35. The van der Waals surface area contributed by atoms with Crippen LogP contribution in [0.1, 0.15) is 30.3 Å². The zero-order valence-electron chi connectivity index (χ0n) is 19.5. The second-order valence-electron chi connectivity index (χ2n) is 8.47. The van der Waals surface area contributed by atoms with Gasteiger partial charge in [0.05, 0.1) is 5.92 Å². The van der Waals surface area contributed by atoms with E-state index in [0.29, 0.717) is 24.7 Å². The minimum absolute atomic E-state index is 0.0265. The van der Waals surface area contributed by atoms with Crippen LogP contribution in [0.3, 0.4) is 0 Å². The van der Waals surface area contributed by atoms with E-state index in [1.54, 1.807) is 4.90 Å². The van der Waals surface area contributed by atoms with Crippen molar-refractivity contribution < 1.29 is 9.59 Å². The fourth-order valence-corrected chi connectivity index (χ4v) is 4.09. The normalized spacial score (nSPS) is 15.6. The van der Waals surface area contributed by atoms with Crippen LogP contribution in [0.4, 0.5) is 23.0 Å². The zero-order chi connectivity index (χ0) is 23.5. The first-order valence-electron chi connectivity index (χ1n) is 11.2. The lowest BCUT2D eigenvalue weighted by atomic mass is 10.1. The van der Waals surface area contributed by atoms with E-state index in [1.165, 1.54) is 0 Å². The summed E-state index contributed by atoms with van der Waals surface area (Å²) in [4.78, 5) is 38.2. The molecule has 33 heavy (non-hydrogen) atoms. The maximum Gasteiger partial charge on any atom is 0.230 e. The van der Waals surface area contributed by atoms with Gasteiger partial charge in [0.1, 0.15) is 0 Å². The molecule has 2 aromatic carbocycles. The number of carbonyl (C=O) groups excluding carboxylic acids is 2. The second kappa shape index (κ2) is 9.40. The average molecular weight is 444 g/mol. The quantitative estimate of drug-likeness (QED) is 0.605. The molecule has 1 aliphatic heterocycles. The molecular weight excluding hydrogens is 414 g/mol. The summed E-state index contributed by atoms with van der Waals surface area (Å²) in [6, 6.07) is 17.4. The highest BCUT2D eigenvalue weighted by molar-refractivity contribution is 6.03. The van der Waals surface area contributed by atoms with Crippen molar-refractivity contribution in [1.29, 1.82) is 0 Å². The molecule has 7 nitrogen and oxygen atoms in total. The third-order valence-electron chi connectivity index (χ3n) is 5.82. The molecule has 1 saturated heterocycles. The lowest BCUT2D eigenvalue weighted by molar-refractivity contribution is -0.122. The number of benzene rings is 2. The van der Waals surface area contributed by atoms with E-state index in [9.17, 15) is 9.59 Å². The predicted molar refractivity (Wildman–Crippen MR) is 131 cm³/mol. The first-order valence-corrected chi connectivity index (χ1v) is 11.2. The first-order chi connectivity index (χ1) is 15.8. The maximum atomic E-state index is 12.8. The average Bonchev–Trinajstić information content (AvgIpc) is 3.17. The highest BCUT2D eigenvalue weighted by Crippen LogP contribution is 2.28. The van der Waals surface area contributed by atoms with E-state index in [4.69, 9.17) is 0 Å². The van der Waals surface area contributed by atoms with Crippen molar-refractivity contribution in [2.45, 2.75) is 34.1 Å². The summed E-state index contributed by atoms with van der Waals surface area (Å²) < 4.78 is 0. The Morgan fingerprint density at radius 2 is 1.67 bits per heavy atom. The van der Waals surface area contributed by atoms with Crippen molar-refractivity contribution in [2.24, 2.45) is 5.92 Å². The van der Waals surface area contributed by atoms with Crippen LogP contribution in [0, 0.1) is 26.7 Å². The maximum absolute atomic E-state index is 12.8. The Morgan fingerprint density at radius 3 is 2.27 bits per heavy atom. The van der Waals surface area contributed by atoms with E-state index in [-0.39, 0.29) is 24.2 Å². The number of rotatable bonds is 6. The second-order valence-corrected chi connectivity index (χ2v) is 8.47. The number of amides is 2. The Bertz CT molecular complexity index is 1140. The molecule has 0 radical (unpaired) electrons. The Hall–Kier alpha value is -3.74. The van der Waals surface area contributed by atoms with E-state index >= 15 is 0 Å². The van der Waals surface area contributed by atoms with Crippen LogP contribution in [0.25, 0.3) is 0 Å². The van der Waals surface area contributed by atoms with Gasteiger partial charge in [-0.3, -0.25) is 9.59 Å². The molecule has 0 bridgehead atoms. The molecule has 4 rings (SSSR count). The Labute approximate surface area is 194 Å². The molecule has 7 heteroatoms. The van der Waals surface area contributed by atoms with Gasteiger partial charge in [-0.2, -0.15) is 0 Å². The molecule has 0 aliphatic carbocycles. The van der Waals surface area contributed by atoms with Gasteiger partial charge in [-0.1, -0.05) is 17.7 Å². The van der Waals surface area contributed by atoms with Crippen LogP contribution in [0.2, 0.25) is 0 Å². The first kappa shape index (κ1) is 22.5. The predicted octanol–water partition coefficient (Wildman–Crippen LogP) is 4.55. The summed E-state index contributed by atoms with van der Waals surface area (Å²) in [5, 5.41) is 2.96. The van der Waals surface area contributed by atoms with Crippen molar-refractivity contribution >= 4 is 34.8 Å². The lowest BCUT2D eigenvalue weighted by Crippen LogP contribution is -2.28. The summed E-state index contributed by atoms with van der Waals surface area (Å²) in [6.07, 6.45) is 0.214. The molecule has 1 aromatic heterocycles. The molecule has 170 valence electrons. The molecule has 1 N–H and O–H groups in total. The molecule has 1 fully saturated rings. The van der Waals surface area contributed by atoms with Gasteiger partial charge >= 0.3 is 0 Å². The largest absolute Gasteiger partial charge is 0.326 e. The SMILES string of the molecule is CCN(c1ccc(NC(=O)C2CC(=O)N(c3ccc(C)cc3)C2)cc1)c1nc(C)cc(C)n1. The molecule has 2 amide bonds. The number of hydrogen-bond donors (Lipinski definition) is 1. The number of aromatic nitrogens is 2. The number of hydrogen-bond acceptors (Lipinski definition) is 5. The van der Waals surface area contributed by atoms with Gasteiger partial charge in [-0.25, -0.2) is 9.97 Å². The topological polar surface area (TPSA) is 78.4 Å². The van der Waals surface area contributed by atoms with Gasteiger partial charge in [0, 0.05) is 48.0 Å². The molecule has 3 aromatic rings. The Balaban J connectivity index is 1.43. The zero-order valence-corrected chi connectivity index (χ0v) is 19.5. The van der Waals surface area contributed by atoms with Gasteiger partial charge in [0.2, 0.25) is 17.8 Å². The number of nitrogens with zero attached hydrogens (tertiary/aromatic N) is 4. The summed E-state index contributed by atoms with van der Waals surface area (Å²) in [6.45, 7) is 9.07. The van der Waals surface area contributed by atoms with E-state index in [1.807, 2.05) is 87.2 Å². The van der Waals surface area contributed by atoms with E-state index < -0.39 is 0 Å². The van der Waals surface area contributed by atoms with Crippen LogP contribution in [-0.4, -0.2) is 34.9 Å². The van der Waals surface area contributed by atoms with Crippen molar-refractivity contribution in [3.63, 3.8) is 0 Å². The number of carbonyl (C=O) groups is 2. The molecular formula is C26H29N5O2. The minimum atomic E-state index is -0.380. The summed E-state index contributed by atoms with van der Waals surface area (Å²) in [5.74, 6) is 0.110. The summed E-state index contributed by atoms with van der Waals surface area (Å²) in [7, 11) is 0. The highest BCUT2D eigenvalue weighted by atomic mass is 16.2. The van der Waals surface area contributed by atoms with Gasteiger partial charge in [-0.15, -0.1) is 0 Å². The van der Waals surface area contributed by atoms with Gasteiger partial charge in [-0.05, 0) is 70.2 Å². The minimum Gasteiger partial charge on any atom is -0.326 e. The van der Waals surface area contributed by atoms with Crippen LogP contribution in [-0.2, 0) is 9.59 Å². The fraction of sp³-hybridized carbons (Fsp3) is 0.308.